The fourth-order valence-corrected chi connectivity index (χ4v) is 2.37. The molecule has 1 heterocycles. The zero-order chi connectivity index (χ0) is 16.9. The van der Waals surface area contributed by atoms with Gasteiger partial charge in [-0.1, -0.05) is 19.1 Å². The highest BCUT2D eigenvalue weighted by atomic mass is 35.5. The maximum atomic E-state index is 12.0. The number of hydrogen-bond donors (Lipinski definition) is 4. The number of amides is 4. The predicted octanol–water partition coefficient (Wildman–Crippen LogP) is 0.892. The number of imide groups is 1. The lowest BCUT2D eigenvalue weighted by atomic mass is 9.91. The van der Waals surface area contributed by atoms with Crippen LogP contribution in [0.4, 0.5) is 4.79 Å². The summed E-state index contributed by atoms with van der Waals surface area (Å²) in [4.78, 5) is 35.2. The molecule has 1 aliphatic rings. The van der Waals surface area contributed by atoms with Crippen LogP contribution in [0.3, 0.4) is 0 Å². The molecule has 0 aromatic heterocycles. The second-order valence-corrected chi connectivity index (χ2v) is 5.62. The van der Waals surface area contributed by atoms with E-state index in [9.17, 15) is 14.4 Å². The van der Waals surface area contributed by atoms with Crippen molar-refractivity contribution in [1.29, 1.82) is 0 Å². The van der Waals surface area contributed by atoms with Gasteiger partial charge in [0.1, 0.15) is 5.54 Å². The van der Waals surface area contributed by atoms with Crippen LogP contribution in [0.15, 0.2) is 24.3 Å². The third-order valence-electron chi connectivity index (χ3n) is 3.78. The molecule has 1 fully saturated rings. The lowest BCUT2D eigenvalue weighted by Crippen LogP contribution is -2.40. The lowest BCUT2D eigenvalue weighted by Gasteiger charge is -2.21. The Labute approximate surface area is 147 Å². The van der Waals surface area contributed by atoms with E-state index in [4.69, 9.17) is 0 Å². The van der Waals surface area contributed by atoms with E-state index in [-0.39, 0.29) is 18.3 Å². The van der Waals surface area contributed by atoms with Gasteiger partial charge in [0.2, 0.25) is 0 Å². The Bertz CT molecular complexity index is 606. The molecular formula is C16H23ClN4O3. The van der Waals surface area contributed by atoms with Gasteiger partial charge in [-0.15, -0.1) is 12.4 Å². The number of halogens is 1. The fourth-order valence-electron chi connectivity index (χ4n) is 2.37. The number of rotatable bonds is 7. The molecule has 0 spiro atoms. The number of urea groups is 1. The molecule has 24 heavy (non-hydrogen) atoms. The fraction of sp³-hybridized carbons (Fsp3) is 0.438. The average Bonchev–Trinajstić information content (AvgIpc) is 2.80. The number of carbonyl (C=O) groups is 3. The molecule has 0 saturated carbocycles. The Morgan fingerprint density at radius 3 is 2.33 bits per heavy atom. The van der Waals surface area contributed by atoms with Crippen molar-refractivity contribution in [3.05, 3.63) is 35.4 Å². The molecule has 0 bridgehead atoms. The summed E-state index contributed by atoms with van der Waals surface area (Å²) in [5.41, 5.74) is 0.0375. The summed E-state index contributed by atoms with van der Waals surface area (Å²) in [6.07, 6.45) is 1.05. The summed E-state index contributed by atoms with van der Waals surface area (Å²) in [6, 6.07) is 6.13. The first-order valence-electron chi connectivity index (χ1n) is 7.70. The van der Waals surface area contributed by atoms with Crippen LogP contribution >= 0.6 is 12.4 Å². The molecule has 132 valence electrons. The molecule has 1 atom stereocenters. The van der Waals surface area contributed by atoms with Crippen LogP contribution in [0.2, 0.25) is 0 Å². The monoisotopic (exact) mass is 354 g/mol. The minimum atomic E-state index is -1.10. The van der Waals surface area contributed by atoms with Crippen molar-refractivity contribution >= 4 is 30.3 Å². The van der Waals surface area contributed by atoms with Gasteiger partial charge in [0, 0.05) is 18.7 Å². The second-order valence-electron chi connectivity index (χ2n) is 5.62. The molecule has 4 amide bonds. The number of carbonyl (C=O) groups excluding carboxylic acids is 3. The molecule has 1 aromatic carbocycles. The number of nitrogens with one attached hydrogen (secondary N) is 4. The minimum Gasteiger partial charge on any atom is -0.351 e. The summed E-state index contributed by atoms with van der Waals surface area (Å²) in [5, 5.41) is 10.8. The molecule has 1 saturated heterocycles. The SMILES string of the molecule is CCCNCCNC(=O)c1ccc(C2(C)NC(=O)NC2=O)cc1.Cl. The van der Waals surface area contributed by atoms with Gasteiger partial charge in [0.25, 0.3) is 11.8 Å². The first-order chi connectivity index (χ1) is 11.0. The first kappa shape index (κ1) is 19.9. The number of benzene rings is 1. The predicted molar refractivity (Wildman–Crippen MR) is 93.2 cm³/mol. The minimum absolute atomic E-state index is 0. The molecule has 8 heteroatoms. The third-order valence-corrected chi connectivity index (χ3v) is 3.78. The van der Waals surface area contributed by atoms with Crippen molar-refractivity contribution < 1.29 is 14.4 Å². The smallest absolute Gasteiger partial charge is 0.322 e. The van der Waals surface area contributed by atoms with E-state index >= 15 is 0 Å². The Hall–Kier alpha value is -2.12. The van der Waals surface area contributed by atoms with Crippen LogP contribution in [0, 0.1) is 0 Å². The van der Waals surface area contributed by atoms with E-state index in [1.54, 1.807) is 31.2 Å². The van der Waals surface area contributed by atoms with Crippen LogP contribution in [0.1, 0.15) is 36.2 Å². The third kappa shape index (κ3) is 4.46. The van der Waals surface area contributed by atoms with E-state index in [0.717, 1.165) is 19.5 Å². The second kappa shape index (κ2) is 8.65. The molecule has 0 radical (unpaired) electrons. The van der Waals surface area contributed by atoms with E-state index in [0.29, 0.717) is 17.7 Å². The van der Waals surface area contributed by atoms with Gasteiger partial charge in [-0.25, -0.2) is 4.79 Å². The molecule has 1 aromatic rings. The number of hydrogen-bond acceptors (Lipinski definition) is 4. The summed E-state index contributed by atoms with van der Waals surface area (Å²) < 4.78 is 0. The summed E-state index contributed by atoms with van der Waals surface area (Å²) in [5.74, 6) is -0.568. The van der Waals surface area contributed by atoms with Gasteiger partial charge in [0.05, 0.1) is 0 Å². The van der Waals surface area contributed by atoms with E-state index in [1.165, 1.54) is 0 Å². The Morgan fingerprint density at radius 1 is 1.12 bits per heavy atom. The highest BCUT2D eigenvalue weighted by Crippen LogP contribution is 2.24. The van der Waals surface area contributed by atoms with Crippen molar-refractivity contribution in [3.8, 4) is 0 Å². The quantitative estimate of drug-likeness (QED) is 0.431. The van der Waals surface area contributed by atoms with E-state index in [1.807, 2.05) is 0 Å². The highest BCUT2D eigenvalue weighted by molar-refractivity contribution is 6.07. The molecule has 2 rings (SSSR count). The van der Waals surface area contributed by atoms with Gasteiger partial charge in [-0.3, -0.25) is 14.9 Å². The standard InChI is InChI=1S/C16H22N4O3.ClH/c1-3-8-17-9-10-18-13(21)11-4-6-12(7-5-11)16(2)14(22)19-15(23)20-16;/h4-7,17H,3,8-10H2,1-2H3,(H,18,21)(H2,19,20,22,23);1H. The zero-order valence-electron chi connectivity index (χ0n) is 13.8. The Morgan fingerprint density at radius 2 is 1.79 bits per heavy atom. The maximum Gasteiger partial charge on any atom is 0.322 e. The average molecular weight is 355 g/mol. The molecule has 1 aliphatic heterocycles. The summed E-state index contributed by atoms with van der Waals surface area (Å²) in [7, 11) is 0. The van der Waals surface area contributed by atoms with Crippen molar-refractivity contribution in [2.75, 3.05) is 19.6 Å². The zero-order valence-corrected chi connectivity index (χ0v) is 14.6. The van der Waals surface area contributed by atoms with Crippen molar-refractivity contribution in [2.45, 2.75) is 25.8 Å². The summed E-state index contributed by atoms with van der Waals surface area (Å²) >= 11 is 0. The van der Waals surface area contributed by atoms with E-state index < -0.39 is 17.5 Å². The topological polar surface area (TPSA) is 99.3 Å². The Kier molecular flexibility index (Phi) is 7.18. The van der Waals surface area contributed by atoms with Crippen LogP contribution in [0.25, 0.3) is 0 Å². The maximum absolute atomic E-state index is 12.0. The van der Waals surface area contributed by atoms with E-state index in [2.05, 4.69) is 28.2 Å². The van der Waals surface area contributed by atoms with Crippen molar-refractivity contribution in [1.82, 2.24) is 21.3 Å². The van der Waals surface area contributed by atoms with Crippen LogP contribution in [0.5, 0.6) is 0 Å². The van der Waals surface area contributed by atoms with Crippen molar-refractivity contribution in [2.24, 2.45) is 0 Å². The lowest BCUT2D eigenvalue weighted by molar-refractivity contribution is -0.123. The molecule has 4 N–H and O–H groups in total. The van der Waals surface area contributed by atoms with Gasteiger partial charge in [-0.2, -0.15) is 0 Å². The molecule has 7 nitrogen and oxygen atoms in total. The largest absolute Gasteiger partial charge is 0.351 e. The Balaban J connectivity index is 0.00000288. The first-order valence-corrected chi connectivity index (χ1v) is 7.70. The summed E-state index contributed by atoms with van der Waals surface area (Å²) in [6.45, 7) is 5.91. The van der Waals surface area contributed by atoms with Crippen LogP contribution in [-0.2, 0) is 10.3 Å². The van der Waals surface area contributed by atoms with Crippen LogP contribution in [-0.4, -0.2) is 37.5 Å². The van der Waals surface area contributed by atoms with Crippen molar-refractivity contribution in [3.63, 3.8) is 0 Å². The highest BCUT2D eigenvalue weighted by Gasteiger charge is 2.43. The van der Waals surface area contributed by atoms with Gasteiger partial charge in [-0.05, 0) is 37.6 Å². The molecular weight excluding hydrogens is 332 g/mol. The molecule has 0 aliphatic carbocycles. The van der Waals surface area contributed by atoms with Crippen LogP contribution < -0.4 is 21.3 Å². The normalized spacial score (nSPS) is 19.2. The van der Waals surface area contributed by atoms with Gasteiger partial charge >= 0.3 is 6.03 Å². The van der Waals surface area contributed by atoms with Gasteiger partial charge in [0.15, 0.2) is 0 Å². The molecule has 1 unspecified atom stereocenters. The van der Waals surface area contributed by atoms with Gasteiger partial charge < -0.3 is 16.0 Å².